The molecule has 0 aliphatic heterocycles. The maximum Gasteiger partial charge on any atom is 0.278 e. The molecule has 1 fully saturated rings. The van der Waals surface area contributed by atoms with Gasteiger partial charge in [0.2, 0.25) is 5.82 Å². The molecule has 0 spiro atoms. The van der Waals surface area contributed by atoms with Crippen molar-refractivity contribution in [3.63, 3.8) is 0 Å². The van der Waals surface area contributed by atoms with Gasteiger partial charge in [0.1, 0.15) is 0 Å². The Bertz CT molecular complexity index is 666. The highest BCUT2D eigenvalue weighted by molar-refractivity contribution is 7.13. The van der Waals surface area contributed by atoms with Gasteiger partial charge in [0.05, 0.1) is 4.88 Å². The largest absolute Gasteiger partial charge is 0.332 e. The number of nitrogens with zero attached hydrogens (tertiary/aromatic N) is 3. The maximum absolute atomic E-state index is 5.25. The van der Waals surface area contributed by atoms with Gasteiger partial charge in [0, 0.05) is 11.6 Å². The molecule has 0 aromatic carbocycles. The van der Waals surface area contributed by atoms with E-state index in [0.29, 0.717) is 17.6 Å². The summed E-state index contributed by atoms with van der Waals surface area (Å²) in [4.78, 5) is 5.37. The third kappa shape index (κ3) is 1.65. The molecule has 0 saturated heterocycles. The highest BCUT2D eigenvalue weighted by atomic mass is 32.1. The summed E-state index contributed by atoms with van der Waals surface area (Å²) in [6.07, 6.45) is 2.48. The number of thiophene rings is 1. The first kappa shape index (κ1) is 10.0. The minimum absolute atomic E-state index is 0.474. The molecule has 90 valence electrons. The van der Waals surface area contributed by atoms with Gasteiger partial charge < -0.3 is 4.52 Å². The third-order valence-corrected chi connectivity index (χ3v) is 3.87. The van der Waals surface area contributed by atoms with Gasteiger partial charge in [0.15, 0.2) is 5.69 Å². The Morgan fingerprint density at radius 3 is 3.11 bits per heavy atom. The number of aromatic nitrogens is 4. The van der Waals surface area contributed by atoms with Crippen molar-refractivity contribution in [3.8, 4) is 22.3 Å². The lowest BCUT2D eigenvalue weighted by molar-refractivity contribution is 0.431. The van der Waals surface area contributed by atoms with Gasteiger partial charge in [-0.15, -0.1) is 11.3 Å². The summed E-state index contributed by atoms with van der Waals surface area (Å²) in [5, 5.41) is 13.2. The topological polar surface area (TPSA) is 67.6 Å². The summed E-state index contributed by atoms with van der Waals surface area (Å²) in [5.74, 6) is 1.74. The number of aromatic amines is 1. The van der Waals surface area contributed by atoms with Crippen LogP contribution in [0.4, 0.5) is 0 Å². The number of rotatable bonds is 3. The van der Waals surface area contributed by atoms with E-state index in [9.17, 15) is 0 Å². The van der Waals surface area contributed by atoms with Gasteiger partial charge in [-0.1, -0.05) is 11.2 Å². The Morgan fingerprint density at radius 2 is 2.33 bits per heavy atom. The third-order valence-electron chi connectivity index (χ3n) is 3.00. The zero-order valence-corrected chi connectivity index (χ0v) is 10.3. The Labute approximate surface area is 107 Å². The fraction of sp³-hybridized carbons (Fsp3) is 0.250. The molecule has 0 amide bonds. The van der Waals surface area contributed by atoms with Gasteiger partial charge >= 0.3 is 0 Å². The second-order valence-corrected chi connectivity index (χ2v) is 5.33. The molecule has 1 aliphatic carbocycles. The Balaban J connectivity index is 1.67. The van der Waals surface area contributed by atoms with Crippen LogP contribution in [0.1, 0.15) is 24.5 Å². The van der Waals surface area contributed by atoms with Crippen molar-refractivity contribution in [2.24, 2.45) is 0 Å². The molecule has 3 aromatic rings. The second kappa shape index (κ2) is 3.78. The predicted octanol–water partition coefficient (Wildman–Crippen LogP) is 3.07. The molecule has 6 heteroatoms. The molecule has 0 unspecified atom stereocenters. The zero-order chi connectivity index (χ0) is 11.9. The van der Waals surface area contributed by atoms with Crippen molar-refractivity contribution >= 4 is 11.3 Å². The second-order valence-electron chi connectivity index (χ2n) is 4.38. The van der Waals surface area contributed by atoms with Gasteiger partial charge in [-0.05, 0) is 30.4 Å². The van der Waals surface area contributed by atoms with Crippen LogP contribution in [0.25, 0.3) is 22.3 Å². The SMILES string of the molecule is c1csc(-c2noc(-c3cc(C4CC4)[nH]n3)n2)c1. The summed E-state index contributed by atoms with van der Waals surface area (Å²) in [7, 11) is 0. The number of nitrogens with one attached hydrogen (secondary N) is 1. The molecule has 5 nitrogen and oxygen atoms in total. The van der Waals surface area contributed by atoms with E-state index >= 15 is 0 Å². The molecule has 3 heterocycles. The van der Waals surface area contributed by atoms with E-state index in [1.165, 1.54) is 18.5 Å². The van der Waals surface area contributed by atoms with E-state index in [-0.39, 0.29) is 0 Å². The zero-order valence-electron chi connectivity index (χ0n) is 9.46. The van der Waals surface area contributed by atoms with E-state index in [1.54, 1.807) is 11.3 Å². The number of hydrogen-bond acceptors (Lipinski definition) is 5. The molecule has 1 aliphatic rings. The summed E-state index contributed by atoms with van der Waals surface area (Å²) in [6, 6.07) is 5.94. The monoisotopic (exact) mass is 258 g/mol. The van der Waals surface area contributed by atoms with Gasteiger partial charge in [-0.25, -0.2) is 0 Å². The molecule has 0 atom stereocenters. The quantitative estimate of drug-likeness (QED) is 0.784. The number of H-pyrrole nitrogens is 1. The van der Waals surface area contributed by atoms with Crippen LogP contribution in [0.2, 0.25) is 0 Å². The van der Waals surface area contributed by atoms with E-state index in [4.69, 9.17) is 4.52 Å². The highest BCUT2D eigenvalue weighted by Crippen LogP contribution is 2.39. The highest BCUT2D eigenvalue weighted by Gasteiger charge is 2.26. The maximum atomic E-state index is 5.25. The molecule has 1 saturated carbocycles. The molecule has 0 bridgehead atoms. The van der Waals surface area contributed by atoms with Crippen LogP contribution in [-0.2, 0) is 0 Å². The summed E-state index contributed by atoms with van der Waals surface area (Å²) < 4.78 is 5.25. The van der Waals surface area contributed by atoms with E-state index in [1.807, 2.05) is 23.6 Å². The summed E-state index contributed by atoms with van der Waals surface area (Å²) in [5.41, 5.74) is 1.90. The first-order valence-electron chi connectivity index (χ1n) is 5.83. The van der Waals surface area contributed by atoms with Crippen molar-refractivity contribution in [2.45, 2.75) is 18.8 Å². The Kier molecular flexibility index (Phi) is 2.10. The van der Waals surface area contributed by atoms with Crippen molar-refractivity contribution in [3.05, 3.63) is 29.3 Å². The van der Waals surface area contributed by atoms with E-state index in [0.717, 1.165) is 10.6 Å². The molecule has 4 rings (SSSR count). The van der Waals surface area contributed by atoms with Gasteiger partial charge in [0.25, 0.3) is 5.89 Å². The standard InChI is InChI=1S/C12H10N4OS/c1-2-10(18-5-1)11-13-12(17-16-11)9-6-8(14-15-9)7-3-4-7/h1-2,5-7H,3-4H2,(H,14,15). The predicted molar refractivity (Wildman–Crippen MR) is 67.2 cm³/mol. The molecular weight excluding hydrogens is 248 g/mol. The molecule has 18 heavy (non-hydrogen) atoms. The van der Waals surface area contributed by atoms with Gasteiger partial charge in [-0.3, -0.25) is 5.10 Å². The molecule has 0 radical (unpaired) electrons. The summed E-state index contributed by atoms with van der Waals surface area (Å²) in [6.45, 7) is 0. The Morgan fingerprint density at radius 1 is 1.39 bits per heavy atom. The molecule has 1 N–H and O–H groups in total. The fourth-order valence-corrected chi connectivity index (χ4v) is 2.53. The van der Waals surface area contributed by atoms with Crippen molar-refractivity contribution < 1.29 is 4.52 Å². The smallest absolute Gasteiger partial charge is 0.278 e. The lowest BCUT2D eigenvalue weighted by Gasteiger charge is -1.84. The number of hydrogen-bond donors (Lipinski definition) is 1. The van der Waals surface area contributed by atoms with E-state index < -0.39 is 0 Å². The van der Waals surface area contributed by atoms with Crippen molar-refractivity contribution in [2.75, 3.05) is 0 Å². The lowest BCUT2D eigenvalue weighted by atomic mass is 10.3. The lowest BCUT2D eigenvalue weighted by Crippen LogP contribution is -1.78. The van der Waals surface area contributed by atoms with Crippen LogP contribution in [-0.4, -0.2) is 20.3 Å². The fourth-order valence-electron chi connectivity index (χ4n) is 1.88. The molecular formula is C12H10N4OS. The van der Waals surface area contributed by atoms with Gasteiger partial charge in [-0.2, -0.15) is 10.1 Å². The van der Waals surface area contributed by atoms with Crippen LogP contribution in [0.5, 0.6) is 0 Å². The average molecular weight is 258 g/mol. The van der Waals surface area contributed by atoms with Crippen molar-refractivity contribution in [1.29, 1.82) is 0 Å². The Hall–Kier alpha value is -1.95. The average Bonchev–Trinajstić information content (AvgIpc) is 2.91. The first-order valence-corrected chi connectivity index (χ1v) is 6.71. The van der Waals surface area contributed by atoms with Crippen LogP contribution in [0.3, 0.4) is 0 Å². The minimum Gasteiger partial charge on any atom is -0.332 e. The van der Waals surface area contributed by atoms with Crippen LogP contribution >= 0.6 is 11.3 Å². The van der Waals surface area contributed by atoms with Crippen LogP contribution < -0.4 is 0 Å². The minimum atomic E-state index is 0.474. The first-order chi connectivity index (χ1) is 8.90. The van der Waals surface area contributed by atoms with Crippen LogP contribution in [0, 0.1) is 0 Å². The van der Waals surface area contributed by atoms with Crippen molar-refractivity contribution in [1.82, 2.24) is 20.3 Å². The summed E-state index contributed by atoms with van der Waals surface area (Å²) >= 11 is 1.59. The van der Waals surface area contributed by atoms with Crippen LogP contribution in [0.15, 0.2) is 28.1 Å². The van der Waals surface area contributed by atoms with E-state index in [2.05, 4.69) is 20.3 Å². The normalized spacial score (nSPS) is 15.1. The molecule has 3 aromatic heterocycles.